The predicted octanol–water partition coefficient (Wildman–Crippen LogP) is 5.57. The molecule has 0 radical (unpaired) electrons. The molecule has 0 N–H and O–H groups in total. The smallest absolute Gasteiger partial charge is 0.456 e. The van der Waals surface area contributed by atoms with Crippen molar-refractivity contribution in [1.82, 2.24) is 0 Å². The number of nitrogens with zero attached hydrogens (tertiary/aromatic N) is 1. The Hall–Kier alpha value is -2.80. The number of hydrogen-bond acceptors (Lipinski definition) is 4. The van der Waals surface area contributed by atoms with E-state index in [4.69, 9.17) is 0 Å². The van der Waals surface area contributed by atoms with Crippen molar-refractivity contribution < 1.29 is 58.6 Å². The Kier molecular flexibility index (Phi) is 7.64. The fourth-order valence-electron chi connectivity index (χ4n) is 1.94. The van der Waals surface area contributed by atoms with E-state index in [0.717, 1.165) is 0 Å². The van der Waals surface area contributed by atoms with Crippen molar-refractivity contribution in [3.05, 3.63) is 35.9 Å². The zero-order chi connectivity index (χ0) is 25.2. The number of alkyl halides is 9. The van der Waals surface area contributed by atoms with Gasteiger partial charge in [0, 0.05) is 0 Å². The molecule has 1 rings (SSSR count). The molecule has 0 saturated heterocycles. The second kappa shape index (κ2) is 8.98. The minimum absolute atomic E-state index is 0.105. The number of esters is 1. The predicted molar refractivity (Wildman–Crippen MR) is 90.8 cm³/mol. The SMILES string of the molecule is CC(C)(C)OC(=O)N=C(C(=O)OCc1ccccc1)C(F)(F)C(F)(F)C(F)(F)C(F)(F)F. The lowest BCUT2D eigenvalue weighted by molar-refractivity contribution is -0.384. The summed E-state index contributed by atoms with van der Waals surface area (Å²) in [6.07, 6.45) is -9.26. The summed E-state index contributed by atoms with van der Waals surface area (Å²) in [5, 5.41) is 0. The maximum Gasteiger partial charge on any atom is 0.460 e. The topological polar surface area (TPSA) is 65.0 Å². The number of ether oxygens (including phenoxy) is 2. The summed E-state index contributed by atoms with van der Waals surface area (Å²) in [6, 6.07) is 6.84. The molecular formula is C18H16F9NO4. The Balaban J connectivity index is 3.46. The number of amides is 1. The highest BCUT2D eigenvalue weighted by Crippen LogP contribution is 2.53. The van der Waals surface area contributed by atoms with Crippen LogP contribution < -0.4 is 0 Å². The summed E-state index contributed by atoms with van der Waals surface area (Å²) in [5.41, 5.74) is -4.36. The van der Waals surface area contributed by atoms with E-state index < -0.39 is 53.9 Å². The molecule has 0 fully saturated rings. The van der Waals surface area contributed by atoms with Crippen molar-refractivity contribution in [3.8, 4) is 0 Å². The third-order valence-electron chi connectivity index (χ3n) is 3.44. The summed E-state index contributed by atoms with van der Waals surface area (Å²) >= 11 is 0. The largest absolute Gasteiger partial charge is 0.460 e. The molecule has 0 aliphatic carbocycles. The van der Waals surface area contributed by atoms with E-state index in [-0.39, 0.29) is 5.56 Å². The zero-order valence-electron chi connectivity index (χ0n) is 16.6. The highest BCUT2D eigenvalue weighted by molar-refractivity contribution is 6.41. The van der Waals surface area contributed by atoms with E-state index in [1.165, 1.54) is 51.1 Å². The normalized spacial score (nSPS) is 14.2. The van der Waals surface area contributed by atoms with Crippen molar-refractivity contribution in [3.63, 3.8) is 0 Å². The van der Waals surface area contributed by atoms with Crippen molar-refractivity contribution in [2.24, 2.45) is 4.99 Å². The molecule has 5 nitrogen and oxygen atoms in total. The van der Waals surface area contributed by atoms with Gasteiger partial charge in [-0.1, -0.05) is 30.3 Å². The first-order chi connectivity index (χ1) is 14.2. The lowest BCUT2D eigenvalue weighted by atomic mass is 9.99. The number of hydrogen-bond donors (Lipinski definition) is 0. The lowest BCUT2D eigenvalue weighted by Crippen LogP contribution is -2.64. The minimum Gasteiger partial charge on any atom is -0.456 e. The molecule has 14 heteroatoms. The molecule has 0 heterocycles. The van der Waals surface area contributed by atoms with Crippen LogP contribution in [0.25, 0.3) is 0 Å². The van der Waals surface area contributed by atoms with Crippen molar-refractivity contribution >= 4 is 17.8 Å². The van der Waals surface area contributed by atoms with Gasteiger partial charge in [0.15, 0.2) is 0 Å². The van der Waals surface area contributed by atoms with Gasteiger partial charge in [-0.05, 0) is 26.3 Å². The highest BCUT2D eigenvalue weighted by Gasteiger charge is 2.83. The van der Waals surface area contributed by atoms with Gasteiger partial charge in [-0.2, -0.15) is 44.5 Å². The van der Waals surface area contributed by atoms with E-state index in [1.807, 2.05) is 0 Å². The van der Waals surface area contributed by atoms with Gasteiger partial charge in [-0.25, -0.2) is 9.59 Å². The summed E-state index contributed by atoms with van der Waals surface area (Å²) < 4.78 is 128. The van der Waals surface area contributed by atoms with Gasteiger partial charge in [0.05, 0.1) is 0 Å². The standard InChI is InChI=1S/C18H16F9NO4/c1-14(2,3)32-13(30)28-11(12(29)31-9-10-7-5-4-6-8-10)15(19,20)16(21,22)17(23,24)18(25,26)27/h4-8H,9H2,1-3H3. The molecule has 0 spiro atoms. The summed E-state index contributed by atoms with van der Waals surface area (Å²) in [6.45, 7) is 2.61. The summed E-state index contributed by atoms with van der Waals surface area (Å²) in [7, 11) is 0. The van der Waals surface area contributed by atoms with Crippen LogP contribution in [0.4, 0.5) is 44.3 Å². The molecular weight excluding hydrogens is 465 g/mol. The third kappa shape index (κ3) is 5.91. The van der Waals surface area contributed by atoms with E-state index in [2.05, 4.69) is 14.5 Å². The maximum absolute atomic E-state index is 14.3. The third-order valence-corrected chi connectivity index (χ3v) is 3.44. The number of benzene rings is 1. The quantitative estimate of drug-likeness (QED) is 0.303. The van der Waals surface area contributed by atoms with Gasteiger partial charge in [-0.15, -0.1) is 0 Å². The monoisotopic (exact) mass is 481 g/mol. The molecule has 0 aliphatic heterocycles. The molecule has 180 valence electrons. The van der Waals surface area contributed by atoms with Crippen LogP contribution in [-0.2, 0) is 20.9 Å². The lowest BCUT2D eigenvalue weighted by Gasteiger charge is -2.33. The van der Waals surface area contributed by atoms with Crippen LogP contribution in [-0.4, -0.2) is 47.3 Å². The first-order valence-electron chi connectivity index (χ1n) is 8.47. The highest BCUT2D eigenvalue weighted by atomic mass is 19.4. The Morgan fingerprint density at radius 3 is 1.78 bits per heavy atom. The molecule has 0 aliphatic rings. The number of carbonyl (C=O) groups excluding carboxylic acids is 2. The summed E-state index contributed by atoms with van der Waals surface area (Å²) in [5.74, 6) is -23.7. The molecule has 0 saturated carbocycles. The van der Waals surface area contributed by atoms with Crippen molar-refractivity contribution in [2.75, 3.05) is 0 Å². The number of halogens is 9. The fourth-order valence-corrected chi connectivity index (χ4v) is 1.94. The van der Waals surface area contributed by atoms with Crippen LogP contribution >= 0.6 is 0 Å². The summed E-state index contributed by atoms with van der Waals surface area (Å²) in [4.78, 5) is 25.9. The molecule has 0 aromatic heterocycles. The van der Waals surface area contributed by atoms with E-state index in [9.17, 15) is 49.1 Å². The molecule has 0 unspecified atom stereocenters. The van der Waals surface area contributed by atoms with E-state index >= 15 is 0 Å². The number of rotatable bonds is 6. The fraction of sp³-hybridized carbons (Fsp3) is 0.500. The van der Waals surface area contributed by atoms with Crippen LogP contribution in [0.5, 0.6) is 0 Å². The Bertz CT molecular complexity index is 859. The van der Waals surface area contributed by atoms with Crippen molar-refractivity contribution in [2.45, 2.75) is 56.9 Å². The Labute approximate surface area is 175 Å². The second-order valence-electron chi connectivity index (χ2n) is 7.22. The molecule has 32 heavy (non-hydrogen) atoms. The van der Waals surface area contributed by atoms with Crippen LogP contribution in [0, 0.1) is 0 Å². The zero-order valence-corrected chi connectivity index (χ0v) is 16.6. The average molecular weight is 481 g/mol. The van der Waals surface area contributed by atoms with Crippen LogP contribution in [0.2, 0.25) is 0 Å². The molecule has 1 amide bonds. The Morgan fingerprint density at radius 2 is 1.34 bits per heavy atom. The molecule has 1 aromatic carbocycles. The van der Waals surface area contributed by atoms with Gasteiger partial charge in [0.1, 0.15) is 12.2 Å². The Morgan fingerprint density at radius 1 is 0.844 bits per heavy atom. The van der Waals surface area contributed by atoms with Gasteiger partial charge < -0.3 is 9.47 Å². The van der Waals surface area contributed by atoms with Gasteiger partial charge in [0.2, 0.25) is 5.71 Å². The number of aliphatic imine (C=N–C) groups is 1. The maximum atomic E-state index is 14.3. The first-order valence-corrected chi connectivity index (χ1v) is 8.47. The first kappa shape index (κ1) is 27.2. The van der Waals surface area contributed by atoms with E-state index in [1.54, 1.807) is 0 Å². The molecule has 0 atom stereocenters. The van der Waals surface area contributed by atoms with Gasteiger partial charge in [0.25, 0.3) is 0 Å². The molecule has 1 aromatic rings. The average Bonchev–Trinajstić information content (AvgIpc) is 2.62. The van der Waals surface area contributed by atoms with Crippen LogP contribution in [0.1, 0.15) is 26.3 Å². The van der Waals surface area contributed by atoms with Crippen molar-refractivity contribution in [1.29, 1.82) is 0 Å². The van der Waals surface area contributed by atoms with E-state index in [0.29, 0.717) is 0 Å². The number of carbonyl (C=O) groups is 2. The molecule has 0 bridgehead atoms. The van der Waals surface area contributed by atoms with Gasteiger partial charge in [-0.3, -0.25) is 0 Å². The minimum atomic E-state index is -7.31. The van der Waals surface area contributed by atoms with Gasteiger partial charge >= 0.3 is 36.0 Å². The second-order valence-corrected chi connectivity index (χ2v) is 7.22. The van der Waals surface area contributed by atoms with Crippen LogP contribution in [0.15, 0.2) is 35.3 Å². The van der Waals surface area contributed by atoms with Crippen LogP contribution in [0.3, 0.4) is 0 Å².